The SMILES string of the molecule is CC(=O)N(C)c1nc(CSc2nc3ccc(Cl)cc3o2)cs1. The molecule has 1 aromatic carbocycles. The molecule has 0 fully saturated rings. The lowest BCUT2D eigenvalue weighted by Crippen LogP contribution is -2.22. The summed E-state index contributed by atoms with van der Waals surface area (Å²) in [5, 5.41) is 3.82. The zero-order valence-corrected chi connectivity index (χ0v) is 14.3. The lowest BCUT2D eigenvalue weighted by Gasteiger charge is -2.09. The van der Waals surface area contributed by atoms with E-state index in [9.17, 15) is 4.79 Å². The number of halogens is 1. The summed E-state index contributed by atoms with van der Waals surface area (Å²) >= 11 is 8.82. The van der Waals surface area contributed by atoms with E-state index in [1.807, 2.05) is 11.4 Å². The number of aromatic nitrogens is 2. The fourth-order valence-corrected chi connectivity index (χ4v) is 3.56. The van der Waals surface area contributed by atoms with Gasteiger partial charge in [-0.3, -0.25) is 9.69 Å². The average molecular weight is 354 g/mol. The second kappa shape index (κ2) is 6.28. The van der Waals surface area contributed by atoms with Crippen molar-refractivity contribution in [1.29, 1.82) is 0 Å². The maximum Gasteiger partial charge on any atom is 0.257 e. The summed E-state index contributed by atoms with van der Waals surface area (Å²) in [6.07, 6.45) is 0. The van der Waals surface area contributed by atoms with Gasteiger partial charge in [0.15, 0.2) is 10.7 Å². The minimum Gasteiger partial charge on any atom is -0.431 e. The van der Waals surface area contributed by atoms with Gasteiger partial charge < -0.3 is 4.42 Å². The minimum absolute atomic E-state index is 0.0376. The lowest BCUT2D eigenvalue weighted by molar-refractivity contribution is -0.116. The van der Waals surface area contributed by atoms with Crippen LogP contribution >= 0.6 is 34.7 Å². The molecule has 1 amide bonds. The van der Waals surface area contributed by atoms with Gasteiger partial charge in [0.05, 0.1) is 5.69 Å². The Balaban J connectivity index is 1.70. The van der Waals surface area contributed by atoms with E-state index < -0.39 is 0 Å². The smallest absolute Gasteiger partial charge is 0.257 e. The maximum atomic E-state index is 11.3. The highest BCUT2D eigenvalue weighted by atomic mass is 35.5. The number of thiazole rings is 1. The molecule has 3 rings (SSSR count). The van der Waals surface area contributed by atoms with Crippen molar-refractivity contribution in [1.82, 2.24) is 9.97 Å². The molecule has 3 aromatic rings. The molecule has 0 aliphatic rings. The first kappa shape index (κ1) is 15.3. The molecule has 0 radical (unpaired) electrons. The van der Waals surface area contributed by atoms with E-state index in [4.69, 9.17) is 16.0 Å². The van der Waals surface area contributed by atoms with E-state index >= 15 is 0 Å². The minimum atomic E-state index is -0.0376. The largest absolute Gasteiger partial charge is 0.431 e. The first-order valence-electron chi connectivity index (χ1n) is 6.40. The van der Waals surface area contributed by atoms with Crippen LogP contribution in [0.5, 0.6) is 0 Å². The molecule has 2 aromatic heterocycles. The van der Waals surface area contributed by atoms with E-state index in [0.29, 0.717) is 26.7 Å². The highest BCUT2D eigenvalue weighted by Crippen LogP contribution is 2.29. The monoisotopic (exact) mass is 353 g/mol. The van der Waals surface area contributed by atoms with Crippen molar-refractivity contribution < 1.29 is 9.21 Å². The summed E-state index contributed by atoms with van der Waals surface area (Å²) < 4.78 is 5.64. The predicted molar refractivity (Wildman–Crippen MR) is 89.8 cm³/mol. The van der Waals surface area contributed by atoms with Crippen LogP contribution in [-0.4, -0.2) is 22.9 Å². The molecule has 0 aliphatic heterocycles. The number of carbonyl (C=O) groups is 1. The van der Waals surface area contributed by atoms with Gasteiger partial charge in [0, 0.05) is 36.2 Å². The number of hydrogen-bond acceptors (Lipinski definition) is 6. The number of anilines is 1. The Hall–Kier alpha value is -1.57. The number of rotatable bonds is 4. The average Bonchev–Trinajstić information content (AvgIpc) is 3.09. The fraction of sp³-hybridized carbons (Fsp3) is 0.214. The molecule has 2 heterocycles. The van der Waals surface area contributed by atoms with Crippen LogP contribution in [0.2, 0.25) is 5.02 Å². The van der Waals surface area contributed by atoms with E-state index in [0.717, 1.165) is 11.2 Å². The Bertz CT molecular complexity index is 830. The third-order valence-corrected chi connectivity index (χ3v) is 5.04. The number of nitrogens with zero attached hydrogens (tertiary/aromatic N) is 3. The number of carbonyl (C=O) groups excluding carboxylic acids is 1. The quantitative estimate of drug-likeness (QED) is 0.657. The van der Waals surface area contributed by atoms with Gasteiger partial charge in [0.25, 0.3) is 5.22 Å². The molecule has 0 atom stereocenters. The summed E-state index contributed by atoms with van der Waals surface area (Å²) in [5.74, 6) is 0.590. The molecule has 0 saturated heterocycles. The van der Waals surface area contributed by atoms with Crippen LogP contribution in [-0.2, 0) is 10.5 Å². The molecular formula is C14H12ClN3O2S2. The van der Waals surface area contributed by atoms with Crippen LogP contribution in [0.25, 0.3) is 11.1 Å². The Morgan fingerprint density at radius 1 is 1.45 bits per heavy atom. The summed E-state index contributed by atoms with van der Waals surface area (Å²) in [5.41, 5.74) is 2.34. The molecular weight excluding hydrogens is 342 g/mol. The van der Waals surface area contributed by atoms with Crippen molar-refractivity contribution in [3.05, 3.63) is 34.3 Å². The van der Waals surface area contributed by atoms with E-state index in [-0.39, 0.29) is 5.91 Å². The van der Waals surface area contributed by atoms with Crippen LogP contribution in [0.3, 0.4) is 0 Å². The summed E-state index contributed by atoms with van der Waals surface area (Å²) in [6.45, 7) is 1.51. The Morgan fingerprint density at radius 3 is 3.05 bits per heavy atom. The normalized spacial score (nSPS) is 11.0. The van der Waals surface area contributed by atoms with Crippen LogP contribution in [0.15, 0.2) is 33.2 Å². The number of thioether (sulfide) groups is 1. The Kier molecular flexibility index (Phi) is 4.37. The zero-order chi connectivity index (χ0) is 15.7. The van der Waals surface area contributed by atoms with Gasteiger partial charge in [0.1, 0.15) is 5.52 Å². The molecule has 0 N–H and O–H groups in total. The van der Waals surface area contributed by atoms with Gasteiger partial charge in [-0.15, -0.1) is 11.3 Å². The van der Waals surface area contributed by atoms with Crippen molar-refractivity contribution in [3.8, 4) is 0 Å². The molecule has 0 bridgehead atoms. The van der Waals surface area contributed by atoms with Crippen molar-refractivity contribution in [2.24, 2.45) is 0 Å². The third kappa shape index (κ3) is 3.26. The number of fused-ring (bicyclic) bond motifs is 1. The van der Waals surface area contributed by atoms with Crippen molar-refractivity contribution >= 4 is 56.8 Å². The molecule has 8 heteroatoms. The van der Waals surface area contributed by atoms with Crippen LogP contribution in [0.1, 0.15) is 12.6 Å². The van der Waals surface area contributed by atoms with Gasteiger partial charge in [-0.2, -0.15) is 0 Å². The number of oxazole rings is 1. The van der Waals surface area contributed by atoms with E-state index in [1.165, 1.54) is 34.9 Å². The first-order valence-corrected chi connectivity index (χ1v) is 8.65. The van der Waals surface area contributed by atoms with Gasteiger partial charge in [-0.05, 0) is 12.1 Å². The molecule has 0 unspecified atom stereocenters. The molecule has 0 saturated carbocycles. The van der Waals surface area contributed by atoms with E-state index in [2.05, 4.69) is 9.97 Å². The summed E-state index contributed by atoms with van der Waals surface area (Å²) in [7, 11) is 1.71. The molecule has 22 heavy (non-hydrogen) atoms. The van der Waals surface area contributed by atoms with Gasteiger partial charge in [-0.1, -0.05) is 23.4 Å². The van der Waals surface area contributed by atoms with Gasteiger partial charge in [0.2, 0.25) is 5.91 Å². The zero-order valence-electron chi connectivity index (χ0n) is 11.9. The summed E-state index contributed by atoms with van der Waals surface area (Å²) in [6, 6.07) is 5.36. The Morgan fingerprint density at radius 2 is 2.27 bits per heavy atom. The van der Waals surface area contributed by atoms with Crippen molar-refractivity contribution in [3.63, 3.8) is 0 Å². The van der Waals surface area contributed by atoms with Crippen molar-refractivity contribution in [2.45, 2.75) is 17.9 Å². The number of benzene rings is 1. The third-order valence-electron chi connectivity index (χ3n) is 2.97. The second-order valence-electron chi connectivity index (χ2n) is 4.58. The highest BCUT2D eigenvalue weighted by molar-refractivity contribution is 7.98. The predicted octanol–water partition coefficient (Wildman–Crippen LogP) is 4.21. The molecule has 114 valence electrons. The standard InChI is InChI=1S/C14H12ClN3O2S2/c1-8(19)18(2)13-16-10(6-21-13)7-22-14-17-11-4-3-9(15)5-12(11)20-14/h3-6H,7H2,1-2H3. The Labute approximate surface area is 140 Å². The van der Waals surface area contributed by atoms with Crippen LogP contribution in [0.4, 0.5) is 5.13 Å². The molecule has 0 aliphatic carbocycles. The van der Waals surface area contributed by atoms with Gasteiger partial charge in [-0.25, -0.2) is 9.97 Å². The highest BCUT2D eigenvalue weighted by Gasteiger charge is 2.12. The van der Waals surface area contributed by atoms with Crippen molar-refractivity contribution in [2.75, 3.05) is 11.9 Å². The topological polar surface area (TPSA) is 59.2 Å². The van der Waals surface area contributed by atoms with Gasteiger partial charge >= 0.3 is 0 Å². The van der Waals surface area contributed by atoms with E-state index in [1.54, 1.807) is 19.2 Å². The molecule has 0 spiro atoms. The number of hydrogen-bond donors (Lipinski definition) is 0. The lowest BCUT2D eigenvalue weighted by atomic mass is 10.3. The molecule has 5 nitrogen and oxygen atoms in total. The summed E-state index contributed by atoms with van der Waals surface area (Å²) in [4.78, 5) is 21.7. The van der Waals surface area contributed by atoms with Crippen LogP contribution < -0.4 is 4.90 Å². The maximum absolute atomic E-state index is 11.3. The second-order valence-corrected chi connectivity index (χ2v) is 6.78. The first-order chi connectivity index (χ1) is 10.5. The number of amides is 1. The fourth-order valence-electron chi connectivity index (χ4n) is 1.73. The van der Waals surface area contributed by atoms with Crippen LogP contribution in [0, 0.1) is 0 Å².